The lowest BCUT2D eigenvalue weighted by atomic mass is 9.90. The highest BCUT2D eigenvalue weighted by Crippen LogP contribution is 2.28. The molecule has 1 aliphatic carbocycles. The summed E-state index contributed by atoms with van der Waals surface area (Å²) >= 11 is 0. The number of methoxy groups -OCH3 is 2. The molecule has 0 saturated heterocycles. The lowest BCUT2D eigenvalue weighted by Crippen LogP contribution is -2.24. The van der Waals surface area contributed by atoms with Gasteiger partial charge >= 0.3 is 0 Å². The number of ketones is 2. The molecular formula is C24H34O4. The van der Waals surface area contributed by atoms with E-state index in [0.717, 1.165) is 31.3 Å². The van der Waals surface area contributed by atoms with Gasteiger partial charge in [-0.05, 0) is 66.7 Å². The smallest absolute Gasteiger partial charge is 0.228 e. The Hall–Kier alpha value is -2.36. The minimum Gasteiger partial charge on any atom is -0.489 e. The summed E-state index contributed by atoms with van der Waals surface area (Å²) in [5.74, 6) is -3.56. The van der Waals surface area contributed by atoms with Crippen LogP contribution in [0.3, 0.4) is 0 Å². The Kier molecular flexibility index (Phi) is 6.37. The van der Waals surface area contributed by atoms with E-state index in [1.165, 1.54) is 18.1 Å². The number of hydrogen-bond donors (Lipinski definition) is 0. The summed E-state index contributed by atoms with van der Waals surface area (Å²) in [4.78, 5) is 25.7. The normalized spacial score (nSPS) is 20.0. The highest BCUT2D eigenvalue weighted by Gasteiger charge is 2.33. The average Bonchev–Trinajstić information content (AvgIpc) is 2.67. The van der Waals surface area contributed by atoms with Crippen molar-refractivity contribution >= 4 is 11.6 Å². The number of carbonyl (C=O) groups excluding carboxylic acids is 2. The summed E-state index contributed by atoms with van der Waals surface area (Å²) in [5.41, 5.74) is 3.65. The van der Waals surface area contributed by atoms with Crippen molar-refractivity contribution in [3.8, 4) is 0 Å². The molecule has 0 aromatic carbocycles. The molecule has 0 aromatic rings. The molecule has 0 aromatic heterocycles. The Labute approximate surface area is 178 Å². The summed E-state index contributed by atoms with van der Waals surface area (Å²) in [5, 5.41) is 0. The van der Waals surface area contributed by atoms with Crippen LogP contribution in [0.25, 0.3) is 0 Å². The lowest BCUT2D eigenvalue weighted by Gasteiger charge is -2.19. The second kappa shape index (κ2) is 11.5. The molecule has 0 aliphatic heterocycles. The molecule has 0 radical (unpaired) electrons. The fourth-order valence-corrected chi connectivity index (χ4v) is 2.87. The molecule has 0 N–H and O–H groups in total. The van der Waals surface area contributed by atoms with Crippen molar-refractivity contribution in [1.29, 1.82) is 0 Å². The monoisotopic (exact) mass is 392 g/mol. The number of rotatable bonds is 10. The maximum absolute atomic E-state index is 13.0. The minimum atomic E-state index is -3.06. The van der Waals surface area contributed by atoms with Crippen LogP contribution in [0.2, 0.25) is 0 Å². The van der Waals surface area contributed by atoms with Crippen molar-refractivity contribution in [2.45, 2.75) is 66.7 Å². The molecule has 0 amide bonds. The summed E-state index contributed by atoms with van der Waals surface area (Å²) in [7, 11) is -6.12. The zero-order chi connectivity index (χ0) is 26.3. The number of ether oxygens (including phenoxy) is 2. The van der Waals surface area contributed by atoms with Crippen molar-refractivity contribution in [3.05, 3.63) is 57.6 Å². The molecule has 4 heteroatoms. The van der Waals surface area contributed by atoms with Gasteiger partial charge in [-0.2, -0.15) is 0 Å². The molecule has 1 aliphatic rings. The number of allylic oxidation sites excluding steroid dienone is 8. The largest absolute Gasteiger partial charge is 0.489 e. The lowest BCUT2D eigenvalue weighted by molar-refractivity contribution is -0.121. The highest BCUT2D eigenvalue weighted by atomic mass is 16.5. The van der Waals surface area contributed by atoms with Crippen LogP contribution < -0.4 is 0 Å². The van der Waals surface area contributed by atoms with Gasteiger partial charge < -0.3 is 9.47 Å². The van der Waals surface area contributed by atoms with Gasteiger partial charge in [0.2, 0.25) is 23.1 Å². The van der Waals surface area contributed by atoms with Gasteiger partial charge in [-0.15, -0.1) is 0 Å². The second-order valence-electron chi connectivity index (χ2n) is 7.29. The predicted molar refractivity (Wildman–Crippen MR) is 114 cm³/mol. The molecule has 0 unspecified atom stereocenters. The van der Waals surface area contributed by atoms with Crippen LogP contribution in [0.4, 0.5) is 0 Å². The Morgan fingerprint density at radius 3 is 1.96 bits per heavy atom. The van der Waals surface area contributed by atoms with Crippen LogP contribution in [-0.2, 0) is 19.1 Å². The first-order chi connectivity index (χ1) is 15.5. The van der Waals surface area contributed by atoms with Gasteiger partial charge in [0.1, 0.15) is 0 Å². The first-order valence-corrected chi connectivity index (χ1v) is 9.38. The van der Waals surface area contributed by atoms with E-state index in [4.69, 9.17) is 13.0 Å². The molecule has 4 nitrogen and oxygen atoms in total. The van der Waals surface area contributed by atoms with Crippen molar-refractivity contribution in [1.82, 2.24) is 0 Å². The maximum Gasteiger partial charge on any atom is 0.228 e. The van der Waals surface area contributed by atoms with E-state index in [9.17, 15) is 9.59 Å². The Balaban J connectivity index is 2.98. The second-order valence-corrected chi connectivity index (χ2v) is 7.29. The third-order valence-electron chi connectivity index (χ3n) is 4.67. The van der Waals surface area contributed by atoms with E-state index in [0.29, 0.717) is 0 Å². The molecule has 0 spiro atoms. The SMILES string of the molecule is [2H]C([2H])([2H])OC1=C(OC([2H])([2H])[2H])C(=O)C(C/C=C(\C)CC/C=C(\C)CCC=C(C)C)=C(C)C1=O. The number of carbonyl (C=O) groups is 2. The van der Waals surface area contributed by atoms with Gasteiger partial charge in [-0.25, -0.2) is 0 Å². The third-order valence-corrected chi connectivity index (χ3v) is 4.67. The number of Topliss-reactive ketones (excluding diaryl/α,β-unsaturated/α-hetero) is 2. The van der Waals surface area contributed by atoms with Gasteiger partial charge in [0, 0.05) is 11.1 Å². The summed E-state index contributed by atoms with van der Waals surface area (Å²) < 4.78 is 52.9. The molecular weight excluding hydrogens is 352 g/mol. The van der Waals surface area contributed by atoms with E-state index >= 15 is 0 Å². The van der Waals surface area contributed by atoms with Crippen molar-refractivity contribution in [3.63, 3.8) is 0 Å². The fourth-order valence-electron chi connectivity index (χ4n) is 2.87. The molecule has 154 valence electrons. The topological polar surface area (TPSA) is 52.6 Å². The molecule has 1 rings (SSSR count). The van der Waals surface area contributed by atoms with Crippen molar-refractivity contribution < 1.29 is 27.3 Å². The third kappa shape index (κ3) is 6.66. The maximum atomic E-state index is 13.0. The summed E-state index contributed by atoms with van der Waals surface area (Å²) in [6.07, 6.45) is 9.86. The standard InChI is InChI=1S/C24H34O4/c1-16(2)10-8-11-17(3)12-9-13-18(4)14-15-20-19(5)21(25)23(27-6)24(28-7)22(20)26/h10,12,14H,8-9,11,13,15H2,1-7H3/b17-12+,18-14+/i6D3,7D3. The van der Waals surface area contributed by atoms with Crippen molar-refractivity contribution in [2.24, 2.45) is 0 Å². The Bertz CT molecular complexity index is 939. The van der Waals surface area contributed by atoms with E-state index < -0.39 is 37.2 Å². The first-order valence-electron chi connectivity index (χ1n) is 12.4. The van der Waals surface area contributed by atoms with Gasteiger partial charge in [0.15, 0.2) is 0 Å². The van der Waals surface area contributed by atoms with Crippen LogP contribution >= 0.6 is 0 Å². The molecule has 0 fully saturated rings. The van der Waals surface area contributed by atoms with Gasteiger partial charge in [0.25, 0.3) is 0 Å². The Morgan fingerprint density at radius 2 is 1.39 bits per heavy atom. The van der Waals surface area contributed by atoms with Crippen LogP contribution in [0.15, 0.2) is 57.6 Å². The van der Waals surface area contributed by atoms with E-state index in [2.05, 4.69) is 37.7 Å². The predicted octanol–water partition coefficient (Wildman–Crippen LogP) is 5.77. The average molecular weight is 393 g/mol. The summed E-state index contributed by atoms with van der Waals surface area (Å²) in [6.45, 7) is 9.53. The first kappa shape index (κ1) is 15.5. The van der Waals surface area contributed by atoms with Gasteiger partial charge in [-0.3, -0.25) is 9.59 Å². The van der Waals surface area contributed by atoms with Crippen LogP contribution in [0.5, 0.6) is 0 Å². The zero-order valence-electron chi connectivity index (χ0n) is 23.4. The van der Waals surface area contributed by atoms with E-state index in [1.54, 1.807) is 6.08 Å². The molecule has 0 saturated carbocycles. The molecule has 0 heterocycles. The minimum absolute atomic E-state index is 0.00112. The quantitative estimate of drug-likeness (QED) is 0.350. The summed E-state index contributed by atoms with van der Waals surface area (Å²) in [6, 6.07) is 0. The van der Waals surface area contributed by atoms with Crippen LogP contribution in [0.1, 0.15) is 74.9 Å². The highest BCUT2D eigenvalue weighted by molar-refractivity contribution is 6.23. The van der Waals surface area contributed by atoms with E-state index in [1.807, 2.05) is 6.92 Å². The molecule has 28 heavy (non-hydrogen) atoms. The van der Waals surface area contributed by atoms with E-state index in [-0.39, 0.29) is 17.6 Å². The number of hydrogen-bond acceptors (Lipinski definition) is 4. The van der Waals surface area contributed by atoms with Gasteiger partial charge in [0.05, 0.1) is 22.3 Å². The van der Waals surface area contributed by atoms with Crippen LogP contribution in [-0.4, -0.2) is 25.6 Å². The molecule has 0 bridgehead atoms. The Morgan fingerprint density at radius 1 is 0.857 bits per heavy atom. The zero-order valence-corrected chi connectivity index (χ0v) is 17.4. The van der Waals surface area contributed by atoms with Crippen LogP contribution in [0, 0.1) is 0 Å². The molecule has 0 atom stereocenters. The van der Waals surface area contributed by atoms with Crippen molar-refractivity contribution in [2.75, 3.05) is 14.1 Å². The fraction of sp³-hybridized carbons (Fsp3) is 0.500. The van der Waals surface area contributed by atoms with Gasteiger partial charge in [-0.1, -0.05) is 34.9 Å².